The molecule has 0 fully saturated rings. The molecule has 0 unspecified atom stereocenters. The Labute approximate surface area is 122 Å². The molecule has 0 aliphatic carbocycles. The van der Waals surface area contributed by atoms with Gasteiger partial charge >= 0.3 is 0 Å². The molecule has 0 aliphatic rings. The third-order valence-corrected chi connectivity index (χ3v) is 3.18. The number of ether oxygens (including phenoxy) is 1. The maximum Gasteiger partial charge on any atom is 0.258 e. The first-order valence-electron chi connectivity index (χ1n) is 6.57. The van der Waals surface area contributed by atoms with Crippen LogP contribution in [0.5, 0.6) is 5.75 Å². The van der Waals surface area contributed by atoms with Crippen LogP contribution >= 0.6 is 0 Å². The minimum atomic E-state index is -0.337. The van der Waals surface area contributed by atoms with Crippen LogP contribution in [0.4, 0.5) is 15.8 Å². The lowest BCUT2D eigenvalue weighted by Gasteiger charge is -2.21. The van der Waals surface area contributed by atoms with E-state index in [0.29, 0.717) is 29.2 Å². The van der Waals surface area contributed by atoms with Gasteiger partial charge in [-0.05, 0) is 49.4 Å². The molecule has 0 aliphatic heterocycles. The van der Waals surface area contributed by atoms with Gasteiger partial charge in [-0.1, -0.05) is 0 Å². The second-order valence-electron chi connectivity index (χ2n) is 4.48. The van der Waals surface area contributed by atoms with E-state index < -0.39 is 0 Å². The standard InChI is InChI=1S/C16H17FN2O2/c1-3-19(13-7-5-12(17)6-8-13)16(20)11-4-9-14(18)15(10-11)21-2/h4-10H,3,18H2,1-2H3. The molecule has 0 heterocycles. The third-order valence-electron chi connectivity index (χ3n) is 3.18. The van der Waals surface area contributed by atoms with Gasteiger partial charge in [-0.15, -0.1) is 0 Å². The molecular weight excluding hydrogens is 271 g/mol. The molecule has 0 saturated carbocycles. The second-order valence-corrected chi connectivity index (χ2v) is 4.48. The SMILES string of the molecule is CCN(C(=O)c1ccc(N)c(OC)c1)c1ccc(F)cc1. The van der Waals surface area contributed by atoms with Crippen LogP contribution in [-0.4, -0.2) is 19.6 Å². The highest BCUT2D eigenvalue weighted by Gasteiger charge is 2.17. The van der Waals surface area contributed by atoms with Crippen LogP contribution in [0.1, 0.15) is 17.3 Å². The van der Waals surface area contributed by atoms with Crippen molar-refractivity contribution in [2.75, 3.05) is 24.3 Å². The van der Waals surface area contributed by atoms with Crippen molar-refractivity contribution in [1.29, 1.82) is 0 Å². The van der Waals surface area contributed by atoms with E-state index in [-0.39, 0.29) is 11.7 Å². The van der Waals surface area contributed by atoms with Crippen molar-refractivity contribution in [3.63, 3.8) is 0 Å². The summed E-state index contributed by atoms with van der Waals surface area (Å²) in [4.78, 5) is 14.1. The molecular formula is C16H17FN2O2. The zero-order chi connectivity index (χ0) is 15.4. The van der Waals surface area contributed by atoms with Crippen molar-refractivity contribution >= 4 is 17.3 Å². The Morgan fingerprint density at radius 3 is 2.48 bits per heavy atom. The van der Waals surface area contributed by atoms with Gasteiger partial charge in [0.25, 0.3) is 5.91 Å². The number of nitrogens with zero attached hydrogens (tertiary/aromatic N) is 1. The number of carbonyl (C=O) groups excluding carboxylic acids is 1. The number of hydrogen-bond acceptors (Lipinski definition) is 3. The molecule has 0 atom stereocenters. The average molecular weight is 288 g/mol. The molecule has 0 aromatic heterocycles. The summed E-state index contributed by atoms with van der Waals surface area (Å²) in [6, 6.07) is 10.7. The quantitative estimate of drug-likeness (QED) is 0.880. The van der Waals surface area contributed by atoms with Crippen LogP contribution in [-0.2, 0) is 0 Å². The number of halogens is 1. The largest absolute Gasteiger partial charge is 0.495 e. The monoisotopic (exact) mass is 288 g/mol. The Bertz CT molecular complexity index is 641. The number of nitrogen functional groups attached to an aromatic ring is 1. The highest BCUT2D eigenvalue weighted by molar-refractivity contribution is 6.06. The summed E-state index contributed by atoms with van der Waals surface area (Å²) in [5.41, 5.74) is 7.32. The fraction of sp³-hybridized carbons (Fsp3) is 0.188. The molecule has 5 heteroatoms. The molecule has 4 nitrogen and oxygen atoms in total. The summed E-state index contributed by atoms with van der Waals surface area (Å²) in [6.07, 6.45) is 0. The van der Waals surface area contributed by atoms with Gasteiger partial charge in [0.05, 0.1) is 12.8 Å². The third kappa shape index (κ3) is 3.13. The first kappa shape index (κ1) is 14.8. The Morgan fingerprint density at radius 2 is 1.90 bits per heavy atom. The van der Waals surface area contributed by atoms with Gasteiger partial charge in [-0.2, -0.15) is 0 Å². The summed E-state index contributed by atoms with van der Waals surface area (Å²) in [6.45, 7) is 2.33. The summed E-state index contributed by atoms with van der Waals surface area (Å²) in [5.74, 6) is -0.0742. The summed E-state index contributed by atoms with van der Waals surface area (Å²) < 4.78 is 18.1. The number of benzene rings is 2. The van der Waals surface area contributed by atoms with Gasteiger partial charge in [-0.3, -0.25) is 4.79 Å². The molecule has 2 N–H and O–H groups in total. The normalized spacial score (nSPS) is 10.2. The Morgan fingerprint density at radius 1 is 1.24 bits per heavy atom. The van der Waals surface area contributed by atoms with Crippen molar-refractivity contribution in [2.24, 2.45) is 0 Å². The highest BCUT2D eigenvalue weighted by Crippen LogP contribution is 2.24. The number of hydrogen-bond donors (Lipinski definition) is 1. The lowest BCUT2D eigenvalue weighted by atomic mass is 10.1. The average Bonchev–Trinajstić information content (AvgIpc) is 2.50. The maximum absolute atomic E-state index is 13.0. The topological polar surface area (TPSA) is 55.6 Å². The molecule has 2 aromatic rings. The molecule has 0 radical (unpaired) electrons. The van der Waals surface area contributed by atoms with Gasteiger partial charge in [0, 0.05) is 17.8 Å². The Hall–Kier alpha value is -2.56. The predicted octanol–water partition coefficient (Wildman–Crippen LogP) is 3.08. The van der Waals surface area contributed by atoms with Gasteiger partial charge in [0.15, 0.2) is 0 Å². The second kappa shape index (κ2) is 6.26. The molecule has 0 saturated heterocycles. The molecule has 2 rings (SSSR count). The molecule has 0 spiro atoms. The summed E-state index contributed by atoms with van der Waals surface area (Å²) in [7, 11) is 1.50. The van der Waals surface area contributed by atoms with E-state index in [9.17, 15) is 9.18 Å². The summed E-state index contributed by atoms with van der Waals surface area (Å²) in [5, 5.41) is 0. The van der Waals surface area contributed by atoms with E-state index in [4.69, 9.17) is 10.5 Å². The van der Waals surface area contributed by atoms with Gasteiger partial charge in [0.2, 0.25) is 0 Å². The lowest BCUT2D eigenvalue weighted by Crippen LogP contribution is -2.30. The number of nitrogens with two attached hydrogens (primary N) is 1. The van der Waals surface area contributed by atoms with Gasteiger partial charge in [0.1, 0.15) is 11.6 Å². The van der Waals surface area contributed by atoms with E-state index in [2.05, 4.69) is 0 Å². The summed E-state index contributed by atoms with van der Waals surface area (Å²) >= 11 is 0. The van der Waals surface area contributed by atoms with E-state index in [1.54, 1.807) is 35.2 Å². The van der Waals surface area contributed by atoms with Crippen LogP contribution in [0.2, 0.25) is 0 Å². The molecule has 21 heavy (non-hydrogen) atoms. The fourth-order valence-electron chi connectivity index (χ4n) is 2.06. The van der Waals surface area contributed by atoms with E-state index in [1.165, 1.54) is 19.2 Å². The van der Waals surface area contributed by atoms with Crippen molar-refractivity contribution in [3.8, 4) is 5.75 Å². The van der Waals surface area contributed by atoms with E-state index >= 15 is 0 Å². The number of anilines is 2. The number of amides is 1. The Balaban J connectivity index is 2.34. The molecule has 1 amide bonds. The van der Waals surface area contributed by atoms with Gasteiger partial charge < -0.3 is 15.4 Å². The molecule has 0 bridgehead atoms. The minimum absolute atomic E-state index is 0.192. The van der Waals surface area contributed by atoms with Crippen LogP contribution in [0, 0.1) is 5.82 Å². The Kier molecular flexibility index (Phi) is 4.42. The van der Waals surface area contributed by atoms with E-state index in [1.807, 2.05) is 6.92 Å². The van der Waals surface area contributed by atoms with Crippen LogP contribution in [0.15, 0.2) is 42.5 Å². The van der Waals surface area contributed by atoms with Crippen LogP contribution in [0.25, 0.3) is 0 Å². The minimum Gasteiger partial charge on any atom is -0.495 e. The predicted molar refractivity (Wildman–Crippen MR) is 81.2 cm³/mol. The zero-order valence-electron chi connectivity index (χ0n) is 12.0. The molecule has 2 aromatic carbocycles. The number of carbonyl (C=O) groups is 1. The van der Waals surface area contributed by atoms with Crippen molar-refractivity contribution in [2.45, 2.75) is 6.92 Å². The van der Waals surface area contributed by atoms with Gasteiger partial charge in [-0.25, -0.2) is 4.39 Å². The number of rotatable bonds is 4. The van der Waals surface area contributed by atoms with Crippen molar-refractivity contribution in [3.05, 3.63) is 53.8 Å². The zero-order valence-corrected chi connectivity index (χ0v) is 12.0. The molecule has 110 valence electrons. The lowest BCUT2D eigenvalue weighted by molar-refractivity contribution is 0.0988. The maximum atomic E-state index is 13.0. The fourth-order valence-corrected chi connectivity index (χ4v) is 2.06. The smallest absolute Gasteiger partial charge is 0.258 e. The van der Waals surface area contributed by atoms with E-state index in [0.717, 1.165) is 0 Å². The first-order valence-corrected chi connectivity index (χ1v) is 6.57. The van der Waals surface area contributed by atoms with Crippen molar-refractivity contribution < 1.29 is 13.9 Å². The number of methoxy groups -OCH3 is 1. The van der Waals surface area contributed by atoms with Crippen molar-refractivity contribution in [1.82, 2.24) is 0 Å². The first-order chi connectivity index (χ1) is 10.1. The highest BCUT2D eigenvalue weighted by atomic mass is 19.1. The van der Waals surface area contributed by atoms with Crippen LogP contribution < -0.4 is 15.4 Å². The van der Waals surface area contributed by atoms with Crippen LogP contribution in [0.3, 0.4) is 0 Å².